The van der Waals surface area contributed by atoms with Crippen LogP contribution in [0.2, 0.25) is 0 Å². The van der Waals surface area contributed by atoms with Crippen molar-refractivity contribution < 1.29 is 14.3 Å². The maximum atomic E-state index is 13.0. The summed E-state index contributed by atoms with van der Waals surface area (Å²) in [6.07, 6.45) is 6.30. The Morgan fingerprint density at radius 2 is 2.07 bits per heavy atom. The molecule has 0 saturated carbocycles. The Morgan fingerprint density at radius 3 is 2.87 bits per heavy atom. The molecule has 7 heteroatoms. The number of likely N-dealkylation sites (tertiary alicyclic amines) is 1. The zero-order chi connectivity index (χ0) is 20.9. The van der Waals surface area contributed by atoms with E-state index in [9.17, 15) is 9.59 Å². The van der Waals surface area contributed by atoms with E-state index in [1.165, 1.54) is 6.42 Å². The third kappa shape index (κ3) is 4.67. The SMILES string of the molecule is CC1CCCCN1C(=O)Cn1c(CCCNC(=O)C2CCCO2)nc2ccccc21. The molecule has 1 aromatic heterocycles. The standard InChI is InChI=1S/C23H32N4O3/c1-17-8-4-5-14-26(17)22(28)16-27-19-10-3-2-9-18(19)25-21(27)12-6-13-24-23(29)20-11-7-15-30-20/h2-3,9-10,17,20H,4-8,11-16H2,1H3,(H,24,29). The molecule has 0 aliphatic carbocycles. The average Bonchev–Trinajstić information content (AvgIpc) is 3.40. The van der Waals surface area contributed by atoms with Crippen LogP contribution in [0.1, 0.15) is 51.3 Å². The number of aromatic nitrogens is 2. The Hall–Kier alpha value is -2.41. The van der Waals surface area contributed by atoms with Gasteiger partial charge in [-0.25, -0.2) is 4.98 Å². The fourth-order valence-corrected chi connectivity index (χ4v) is 4.54. The number of rotatable bonds is 7. The van der Waals surface area contributed by atoms with Gasteiger partial charge in [0.15, 0.2) is 0 Å². The van der Waals surface area contributed by atoms with E-state index in [0.717, 1.165) is 55.5 Å². The highest BCUT2D eigenvalue weighted by atomic mass is 16.5. The van der Waals surface area contributed by atoms with Gasteiger partial charge in [0.25, 0.3) is 0 Å². The molecular formula is C23H32N4O3. The fourth-order valence-electron chi connectivity index (χ4n) is 4.54. The van der Waals surface area contributed by atoms with Crippen LogP contribution >= 0.6 is 0 Å². The van der Waals surface area contributed by atoms with Crippen molar-refractivity contribution in [1.29, 1.82) is 0 Å². The number of carbonyl (C=O) groups is 2. The number of aryl methyl sites for hydroxylation is 1. The van der Waals surface area contributed by atoms with Gasteiger partial charge in [0, 0.05) is 32.2 Å². The molecule has 3 heterocycles. The van der Waals surface area contributed by atoms with E-state index in [1.807, 2.05) is 29.2 Å². The van der Waals surface area contributed by atoms with Crippen LogP contribution < -0.4 is 5.32 Å². The topological polar surface area (TPSA) is 76.5 Å². The van der Waals surface area contributed by atoms with Gasteiger partial charge in [-0.15, -0.1) is 0 Å². The Morgan fingerprint density at radius 1 is 1.20 bits per heavy atom. The molecule has 1 aromatic carbocycles. The van der Waals surface area contributed by atoms with E-state index in [1.54, 1.807) is 0 Å². The number of amides is 2. The summed E-state index contributed by atoms with van der Waals surface area (Å²) in [6.45, 7) is 4.56. The summed E-state index contributed by atoms with van der Waals surface area (Å²) in [5.74, 6) is 1.05. The molecule has 7 nitrogen and oxygen atoms in total. The van der Waals surface area contributed by atoms with Gasteiger partial charge >= 0.3 is 0 Å². The van der Waals surface area contributed by atoms with Crippen LogP contribution in [0.4, 0.5) is 0 Å². The Balaban J connectivity index is 1.41. The molecule has 0 spiro atoms. The Bertz CT molecular complexity index is 888. The van der Waals surface area contributed by atoms with Crippen LogP contribution in [0, 0.1) is 0 Å². The van der Waals surface area contributed by atoms with Crippen molar-refractivity contribution >= 4 is 22.8 Å². The van der Waals surface area contributed by atoms with Gasteiger partial charge in [0.05, 0.1) is 11.0 Å². The molecule has 2 aliphatic heterocycles. The normalized spacial score (nSPS) is 21.8. The number of carbonyl (C=O) groups excluding carboxylic acids is 2. The lowest BCUT2D eigenvalue weighted by Crippen LogP contribution is -2.43. The molecule has 162 valence electrons. The first-order valence-electron chi connectivity index (χ1n) is 11.3. The Labute approximate surface area is 177 Å². The van der Waals surface area contributed by atoms with Crippen molar-refractivity contribution in [2.45, 2.75) is 70.6 Å². The van der Waals surface area contributed by atoms with Gasteiger partial charge in [0.1, 0.15) is 18.5 Å². The van der Waals surface area contributed by atoms with Crippen LogP contribution in [0.3, 0.4) is 0 Å². The van der Waals surface area contributed by atoms with E-state index in [2.05, 4.69) is 16.8 Å². The van der Waals surface area contributed by atoms with Crippen LogP contribution in [0.25, 0.3) is 11.0 Å². The molecule has 1 N–H and O–H groups in total. The molecule has 30 heavy (non-hydrogen) atoms. The number of nitrogens with zero attached hydrogens (tertiary/aromatic N) is 3. The molecule has 2 atom stereocenters. The number of hydrogen-bond acceptors (Lipinski definition) is 4. The highest BCUT2D eigenvalue weighted by molar-refractivity contribution is 5.82. The fraction of sp³-hybridized carbons (Fsp3) is 0.609. The quantitative estimate of drug-likeness (QED) is 0.710. The number of ether oxygens (including phenoxy) is 1. The van der Waals surface area contributed by atoms with Crippen molar-refractivity contribution in [3.8, 4) is 0 Å². The average molecular weight is 413 g/mol. The molecule has 4 rings (SSSR count). The molecule has 2 unspecified atom stereocenters. The molecule has 2 fully saturated rings. The smallest absolute Gasteiger partial charge is 0.249 e. The summed E-state index contributed by atoms with van der Waals surface area (Å²) >= 11 is 0. The second kappa shape index (κ2) is 9.60. The minimum Gasteiger partial charge on any atom is -0.368 e. The van der Waals surface area contributed by atoms with Crippen molar-refractivity contribution in [2.75, 3.05) is 19.7 Å². The minimum absolute atomic E-state index is 0.0183. The van der Waals surface area contributed by atoms with E-state index >= 15 is 0 Å². The summed E-state index contributed by atoms with van der Waals surface area (Å²) in [4.78, 5) is 31.9. The lowest BCUT2D eigenvalue weighted by atomic mass is 10.0. The first-order chi connectivity index (χ1) is 14.6. The van der Waals surface area contributed by atoms with Gasteiger partial charge in [-0.1, -0.05) is 12.1 Å². The van der Waals surface area contributed by atoms with Crippen LogP contribution in [0.15, 0.2) is 24.3 Å². The van der Waals surface area contributed by atoms with Crippen molar-refractivity contribution in [3.05, 3.63) is 30.1 Å². The van der Waals surface area contributed by atoms with E-state index in [4.69, 9.17) is 9.72 Å². The molecule has 2 aromatic rings. The Kier molecular flexibility index (Phi) is 6.67. The van der Waals surface area contributed by atoms with Gasteiger partial charge in [-0.05, 0) is 57.6 Å². The maximum Gasteiger partial charge on any atom is 0.249 e. The molecule has 2 aliphatic rings. The second-order valence-electron chi connectivity index (χ2n) is 8.43. The summed E-state index contributed by atoms with van der Waals surface area (Å²) < 4.78 is 7.48. The third-order valence-electron chi connectivity index (χ3n) is 6.25. The first-order valence-corrected chi connectivity index (χ1v) is 11.3. The zero-order valence-corrected chi connectivity index (χ0v) is 17.8. The predicted octanol–water partition coefficient (Wildman–Crippen LogP) is 2.67. The minimum atomic E-state index is -0.293. The lowest BCUT2D eigenvalue weighted by molar-refractivity contribution is -0.135. The molecular weight excluding hydrogens is 380 g/mol. The number of benzene rings is 1. The van der Waals surface area contributed by atoms with E-state index in [0.29, 0.717) is 32.2 Å². The molecule has 2 saturated heterocycles. The van der Waals surface area contributed by atoms with Crippen LogP contribution in [-0.2, 0) is 27.3 Å². The predicted molar refractivity (Wildman–Crippen MR) is 115 cm³/mol. The van der Waals surface area contributed by atoms with Crippen molar-refractivity contribution in [1.82, 2.24) is 19.8 Å². The van der Waals surface area contributed by atoms with Crippen molar-refractivity contribution in [3.63, 3.8) is 0 Å². The highest BCUT2D eigenvalue weighted by Gasteiger charge is 2.25. The number of hydrogen-bond donors (Lipinski definition) is 1. The number of imidazole rings is 1. The summed E-state index contributed by atoms with van der Waals surface area (Å²) in [7, 11) is 0. The molecule has 2 amide bonds. The van der Waals surface area contributed by atoms with Crippen molar-refractivity contribution in [2.24, 2.45) is 0 Å². The van der Waals surface area contributed by atoms with E-state index in [-0.39, 0.29) is 17.9 Å². The number of piperidine rings is 1. The van der Waals surface area contributed by atoms with Gasteiger partial charge in [-0.2, -0.15) is 0 Å². The largest absolute Gasteiger partial charge is 0.368 e. The van der Waals surface area contributed by atoms with Crippen LogP contribution in [-0.4, -0.2) is 58.1 Å². The number of para-hydroxylation sites is 2. The maximum absolute atomic E-state index is 13.0. The zero-order valence-electron chi connectivity index (χ0n) is 17.8. The summed E-state index contributed by atoms with van der Waals surface area (Å²) in [5, 5.41) is 2.97. The van der Waals surface area contributed by atoms with Gasteiger partial charge in [0.2, 0.25) is 11.8 Å². The number of nitrogens with one attached hydrogen (secondary N) is 1. The third-order valence-corrected chi connectivity index (χ3v) is 6.25. The number of fused-ring (bicyclic) bond motifs is 1. The van der Waals surface area contributed by atoms with E-state index < -0.39 is 0 Å². The summed E-state index contributed by atoms with van der Waals surface area (Å²) in [6, 6.07) is 8.28. The summed E-state index contributed by atoms with van der Waals surface area (Å²) in [5.41, 5.74) is 1.91. The van der Waals surface area contributed by atoms with Crippen LogP contribution in [0.5, 0.6) is 0 Å². The highest BCUT2D eigenvalue weighted by Crippen LogP contribution is 2.20. The van der Waals surface area contributed by atoms with Gasteiger partial charge < -0.3 is 19.5 Å². The lowest BCUT2D eigenvalue weighted by Gasteiger charge is -2.33. The second-order valence-corrected chi connectivity index (χ2v) is 8.43. The van der Waals surface area contributed by atoms with Gasteiger partial charge in [-0.3, -0.25) is 9.59 Å². The molecule has 0 bridgehead atoms. The first kappa shape index (κ1) is 20.8. The molecule has 0 radical (unpaired) electrons. The monoisotopic (exact) mass is 412 g/mol.